The van der Waals surface area contributed by atoms with Crippen molar-refractivity contribution < 1.29 is 0 Å². The van der Waals surface area contributed by atoms with Crippen molar-refractivity contribution in [1.29, 1.82) is 0 Å². The van der Waals surface area contributed by atoms with Gasteiger partial charge in [0.15, 0.2) is 0 Å². The topological polar surface area (TPSA) is 15.3 Å². The first kappa shape index (κ1) is 12.9. The van der Waals surface area contributed by atoms with Gasteiger partial charge in [0.05, 0.1) is 4.21 Å². The summed E-state index contributed by atoms with van der Waals surface area (Å²) in [6.45, 7) is 4.55. The van der Waals surface area contributed by atoms with E-state index in [9.17, 15) is 0 Å². The maximum absolute atomic E-state index is 3.46. The van der Waals surface area contributed by atoms with Gasteiger partial charge in [-0.1, -0.05) is 30.0 Å². The maximum Gasteiger partial charge on any atom is 0.0694 e. The van der Waals surface area contributed by atoms with Gasteiger partial charge in [-0.3, -0.25) is 4.90 Å². The molecule has 3 heterocycles. The van der Waals surface area contributed by atoms with E-state index in [4.69, 9.17) is 0 Å². The Bertz CT molecular complexity index is 602. The van der Waals surface area contributed by atoms with E-state index in [-0.39, 0.29) is 0 Å². The molecule has 0 amide bonds. The Morgan fingerprint density at radius 1 is 1.10 bits per heavy atom. The number of nitrogens with zero attached hydrogens (tertiary/aromatic N) is 1. The molecule has 0 spiro atoms. The van der Waals surface area contributed by atoms with Gasteiger partial charge >= 0.3 is 0 Å². The molecule has 1 unspecified atom stereocenters. The van der Waals surface area contributed by atoms with Crippen molar-refractivity contribution in [1.82, 2.24) is 10.2 Å². The summed E-state index contributed by atoms with van der Waals surface area (Å²) in [7, 11) is 0. The maximum atomic E-state index is 3.46. The average molecular weight is 302 g/mol. The van der Waals surface area contributed by atoms with Gasteiger partial charge in [0.1, 0.15) is 0 Å². The van der Waals surface area contributed by atoms with E-state index < -0.39 is 0 Å². The molecule has 0 radical (unpaired) electrons. The highest BCUT2D eigenvalue weighted by Crippen LogP contribution is 2.45. The van der Waals surface area contributed by atoms with E-state index in [1.807, 2.05) is 23.1 Å². The van der Waals surface area contributed by atoms with Gasteiger partial charge in [0.2, 0.25) is 0 Å². The molecule has 1 atom stereocenters. The predicted octanol–water partition coefficient (Wildman–Crippen LogP) is 3.40. The monoisotopic (exact) mass is 302 g/mol. The van der Waals surface area contributed by atoms with Gasteiger partial charge in [-0.25, -0.2) is 0 Å². The first-order valence-electron chi connectivity index (χ1n) is 7.20. The van der Waals surface area contributed by atoms with Crippen LogP contribution in [0, 0.1) is 0 Å². The Morgan fingerprint density at radius 3 is 2.85 bits per heavy atom. The van der Waals surface area contributed by atoms with Gasteiger partial charge in [0.25, 0.3) is 0 Å². The number of fused-ring (bicyclic) bond motifs is 2. The molecule has 1 aromatic heterocycles. The van der Waals surface area contributed by atoms with Crippen LogP contribution in [-0.2, 0) is 6.42 Å². The second kappa shape index (κ2) is 5.53. The van der Waals surface area contributed by atoms with Crippen molar-refractivity contribution in [2.75, 3.05) is 26.2 Å². The molecule has 2 aliphatic heterocycles. The lowest BCUT2D eigenvalue weighted by Gasteiger charge is -2.34. The molecule has 20 heavy (non-hydrogen) atoms. The first-order valence-corrected chi connectivity index (χ1v) is 8.89. The number of benzene rings is 1. The summed E-state index contributed by atoms with van der Waals surface area (Å²) in [6.07, 6.45) is 1.15. The highest BCUT2D eigenvalue weighted by atomic mass is 32.2. The fourth-order valence-electron chi connectivity index (χ4n) is 3.15. The number of rotatable bonds is 1. The Kier molecular flexibility index (Phi) is 3.56. The van der Waals surface area contributed by atoms with Crippen LogP contribution in [0.3, 0.4) is 0 Å². The molecule has 1 fully saturated rings. The van der Waals surface area contributed by atoms with Crippen molar-refractivity contribution in [2.24, 2.45) is 0 Å². The van der Waals surface area contributed by atoms with Crippen molar-refractivity contribution >= 4 is 23.1 Å². The van der Waals surface area contributed by atoms with Crippen LogP contribution in [0.15, 0.2) is 44.8 Å². The SMILES string of the molecule is c1ccc2c(c1)CC(N1CCNCC1)c1ccsc1S2. The fraction of sp³-hybridized carbons (Fsp3) is 0.375. The number of nitrogens with one attached hydrogen (secondary N) is 1. The van der Waals surface area contributed by atoms with Crippen molar-refractivity contribution in [3.05, 3.63) is 46.8 Å². The molecule has 2 aliphatic rings. The molecule has 2 aromatic rings. The summed E-state index contributed by atoms with van der Waals surface area (Å²) in [5.74, 6) is 0. The Hall–Kier alpha value is -0.810. The minimum Gasteiger partial charge on any atom is -0.314 e. The third kappa shape index (κ3) is 2.31. The van der Waals surface area contributed by atoms with Crippen molar-refractivity contribution in [2.45, 2.75) is 21.6 Å². The predicted molar refractivity (Wildman–Crippen MR) is 85.8 cm³/mol. The quantitative estimate of drug-likeness (QED) is 0.869. The largest absolute Gasteiger partial charge is 0.314 e. The molecule has 104 valence electrons. The van der Waals surface area contributed by atoms with Crippen LogP contribution in [0.1, 0.15) is 17.2 Å². The van der Waals surface area contributed by atoms with Crippen LogP contribution in [-0.4, -0.2) is 31.1 Å². The molecule has 0 aliphatic carbocycles. The lowest BCUT2D eigenvalue weighted by atomic mass is 9.99. The smallest absolute Gasteiger partial charge is 0.0694 e. The Labute approximate surface area is 128 Å². The molecule has 1 saturated heterocycles. The molecule has 2 nitrogen and oxygen atoms in total. The summed E-state index contributed by atoms with van der Waals surface area (Å²) < 4.78 is 1.48. The van der Waals surface area contributed by atoms with E-state index in [0.29, 0.717) is 6.04 Å². The zero-order valence-corrected chi connectivity index (χ0v) is 13.0. The van der Waals surface area contributed by atoms with Gasteiger partial charge < -0.3 is 5.32 Å². The van der Waals surface area contributed by atoms with Gasteiger partial charge in [-0.05, 0) is 35.1 Å². The van der Waals surface area contributed by atoms with Crippen LogP contribution in [0.5, 0.6) is 0 Å². The fourth-order valence-corrected chi connectivity index (χ4v) is 5.40. The minimum atomic E-state index is 0.550. The Morgan fingerprint density at radius 2 is 1.95 bits per heavy atom. The number of hydrogen-bond donors (Lipinski definition) is 1. The number of hydrogen-bond acceptors (Lipinski definition) is 4. The van der Waals surface area contributed by atoms with E-state index >= 15 is 0 Å². The molecule has 1 N–H and O–H groups in total. The van der Waals surface area contributed by atoms with Gasteiger partial charge in [0, 0.05) is 37.1 Å². The molecular weight excluding hydrogens is 284 g/mol. The van der Waals surface area contributed by atoms with E-state index in [2.05, 4.69) is 45.9 Å². The van der Waals surface area contributed by atoms with E-state index in [1.54, 1.807) is 0 Å². The second-order valence-electron chi connectivity index (χ2n) is 5.38. The van der Waals surface area contributed by atoms with E-state index in [0.717, 1.165) is 32.6 Å². The summed E-state index contributed by atoms with van der Waals surface area (Å²) >= 11 is 3.84. The third-order valence-corrected chi connectivity index (χ3v) is 6.50. The van der Waals surface area contributed by atoms with Crippen LogP contribution in [0.25, 0.3) is 0 Å². The van der Waals surface area contributed by atoms with Crippen LogP contribution in [0.2, 0.25) is 0 Å². The lowest BCUT2D eigenvalue weighted by Crippen LogP contribution is -2.45. The third-order valence-electron chi connectivity index (χ3n) is 4.20. The van der Waals surface area contributed by atoms with Crippen molar-refractivity contribution in [3.8, 4) is 0 Å². The normalized spacial score (nSPS) is 22.9. The zero-order chi connectivity index (χ0) is 13.4. The molecule has 1 aromatic carbocycles. The highest BCUT2D eigenvalue weighted by molar-refractivity contribution is 8.01. The van der Waals surface area contributed by atoms with Gasteiger partial charge in [-0.15, -0.1) is 11.3 Å². The molecule has 4 heteroatoms. The first-order chi connectivity index (χ1) is 9.92. The van der Waals surface area contributed by atoms with Gasteiger partial charge in [-0.2, -0.15) is 0 Å². The molecular formula is C16H18N2S2. The Balaban J connectivity index is 1.75. The summed E-state index contributed by atoms with van der Waals surface area (Å²) in [5.41, 5.74) is 3.04. The summed E-state index contributed by atoms with van der Waals surface area (Å²) in [5, 5.41) is 5.71. The highest BCUT2D eigenvalue weighted by Gasteiger charge is 2.28. The summed E-state index contributed by atoms with van der Waals surface area (Å²) in [4.78, 5) is 4.10. The standard InChI is InChI=1S/C16H18N2S2/c1-2-4-15-12(3-1)11-14(18-8-6-17-7-9-18)13-5-10-19-16(13)20-15/h1-5,10,14,17H,6-9,11H2. The van der Waals surface area contributed by atoms with Crippen LogP contribution in [0.4, 0.5) is 0 Å². The average Bonchev–Trinajstić information content (AvgIpc) is 2.89. The lowest BCUT2D eigenvalue weighted by molar-refractivity contribution is 0.171. The van der Waals surface area contributed by atoms with Crippen LogP contribution >= 0.6 is 23.1 Å². The van der Waals surface area contributed by atoms with Crippen LogP contribution < -0.4 is 5.32 Å². The molecule has 0 bridgehead atoms. The summed E-state index contributed by atoms with van der Waals surface area (Å²) in [6, 6.07) is 11.8. The molecule has 0 saturated carbocycles. The van der Waals surface area contributed by atoms with E-state index in [1.165, 1.54) is 20.2 Å². The zero-order valence-electron chi connectivity index (χ0n) is 11.3. The second-order valence-corrected chi connectivity index (χ2v) is 7.61. The number of piperazine rings is 1. The van der Waals surface area contributed by atoms with Crippen molar-refractivity contribution in [3.63, 3.8) is 0 Å². The molecule has 4 rings (SSSR count). The number of thiophene rings is 1. The minimum absolute atomic E-state index is 0.550.